The van der Waals surface area contributed by atoms with Crippen molar-refractivity contribution in [3.05, 3.63) is 71.9 Å². The van der Waals surface area contributed by atoms with Crippen LogP contribution in [-0.4, -0.2) is 54.2 Å². The molecule has 1 aromatic carbocycles. The molecule has 10 heteroatoms. The lowest BCUT2D eigenvalue weighted by molar-refractivity contribution is -0.137. The molecule has 0 aliphatic carbocycles. The van der Waals surface area contributed by atoms with E-state index in [1.807, 2.05) is 30.3 Å². The normalized spacial score (nSPS) is 13.9. The summed E-state index contributed by atoms with van der Waals surface area (Å²) in [5.74, 6) is -0.180. The number of anilines is 1. The van der Waals surface area contributed by atoms with Crippen LogP contribution in [0.4, 0.5) is 5.69 Å². The van der Waals surface area contributed by atoms with Crippen LogP contribution in [0.1, 0.15) is 35.8 Å². The van der Waals surface area contributed by atoms with Crippen molar-refractivity contribution in [2.75, 3.05) is 18.5 Å². The molecule has 1 aliphatic rings. The highest BCUT2D eigenvalue weighted by Crippen LogP contribution is 2.29. The minimum Gasteiger partial charge on any atom is -0.493 e. The molecule has 182 valence electrons. The number of aryl methyl sites for hydroxylation is 1. The van der Waals surface area contributed by atoms with Crippen molar-refractivity contribution in [2.45, 2.75) is 31.7 Å². The smallest absolute Gasteiger partial charge is 0.305 e. The Morgan fingerprint density at radius 3 is 3.00 bits per heavy atom. The Morgan fingerprint density at radius 2 is 2.08 bits per heavy atom. The quantitative estimate of drug-likeness (QED) is 0.304. The van der Waals surface area contributed by atoms with Crippen LogP contribution in [0.5, 0.6) is 5.75 Å². The second-order valence-electron chi connectivity index (χ2n) is 8.93. The van der Waals surface area contributed by atoms with Crippen molar-refractivity contribution in [2.24, 2.45) is 0 Å². The summed E-state index contributed by atoms with van der Waals surface area (Å²) in [5.41, 5.74) is 5.52. The maximum absolute atomic E-state index is 11.7. The molecule has 0 saturated heterocycles. The van der Waals surface area contributed by atoms with Crippen molar-refractivity contribution >= 4 is 33.6 Å². The van der Waals surface area contributed by atoms with Gasteiger partial charge in [0, 0.05) is 35.6 Å². The summed E-state index contributed by atoms with van der Waals surface area (Å²) in [7, 11) is 0. The summed E-state index contributed by atoms with van der Waals surface area (Å²) in [6, 6.07) is 11.3. The molecule has 4 aromatic heterocycles. The number of aliphatic carboxylic acids is 1. The molecule has 1 unspecified atom stereocenters. The third-order valence-corrected chi connectivity index (χ3v) is 6.49. The molecule has 1 aliphatic heterocycles. The standard InChI is InChI=1S/C26H25N7O3/c34-25(35)12-24(16-10-18-14-29-32-26(18)28-13-16)33-23-6-4-20(11-17(23)15-30-33)36-9-7-19-3-5-21-22(31-19)2-1-8-27-21/h3-6,10-11,13-15,24,27H,1-2,7-9,12H2,(H,34,35)(H,28,29,32). The highest BCUT2D eigenvalue weighted by atomic mass is 16.5. The number of hydrogen-bond acceptors (Lipinski definition) is 7. The second kappa shape index (κ2) is 9.29. The minimum absolute atomic E-state index is 0.122. The van der Waals surface area contributed by atoms with E-state index in [4.69, 9.17) is 9.72 Å². The van der Waals surface area contributed by atoms with Crippen molar-refractivity contribution in [3.8, 4) is 5.75 Å². The zero-order chi connectivity index (χ0) is 24.5. The van der Waals surface area contributed by atoms with Gasteiger partial charge in [-0.3, -0.25) is 19.6 Å². The van der Waals surface area contributed by atoms with E-state index >= 15 is 0 Å². The molecule has 1 atom stereocenters. The third-order valence-electron chi connectivity index (χ3n) is 6.49. The number of aromatic nitrogens is 6. The Balaban J connectivity index is 1.20. The predicted octanol–water partition coefficient (Wildman–Crippen LogP) is 3.75. The van der Waals surface area contributed by atoms with E-state index < -0.39 is 12.0 Å². The van der Waals surface area contributed by atoms with Gasteiger partial charge in [-0.2, -0.15) is 10.2 Å². The number of ether oxygens (including phenoxy) is 1. The van der Waals surface area contributed by atoms with Gasteiger partial charge in [0.2, 0.25) is 0 Å². The second-order valence-corrected chi connectivity index (χ2v) is 8.93. The average Bonchev–Trinajstić information content (AvgIpc) is 3.53. The van der Waals surface area contributed by atoms with Crippen molar-refractivity contribution < 1.29 is 14.6 Å². The number of carbonyl (C=O) groups is 1. The molecule has 0 fully saturated rings. The van der Waals surface area contributed by atoms with Crippen molar-refractivity contribution in [3.63, 3.8) is 0 Å². The molecule has 0 radical (unpaired) electrons. The minimum atomic E-state index is -0.914. The number of H-pyrrole nitrogens is 1. The topological polar surface area (TPSA) is 131 Å². The molecule has 0 bridgehead atoms. The molecule has 5 heterocycles. The fourth-order valence-corrected chi connectivity index (χ4v) is 4.71. The molecule has 5 aromatic rings. The number of fused-ring (bicyclic) bond motifs is 3. The van der Waals surface area contributed by atoms with Crippen LogP contribution in [0.2, 0.25) is 0 Å². The van der Waals surface area contributed by atoms with Crippen LogP contribution < -0.4 is 10.1 Å². The zero-order valence-corrected chi connectivity index (χ0v) is 19.5. The SMILES string of the molecule is O=C(O)CC(c1cnc2[nH]ncc2c1)n1ncc2cc(OCCc3ccc4c(n3)CCCN4)ccc21. The first-order chi connectivity index (χ1) is 17.6. The summed E-state index contributed by atoms with van der Waals surface area (Å²) in [4.78, 5) is 20.8. The maximum atomic E-state index is 11.7. The lowest BCUT2D eigenvalue weighted by Crippen LogP contribution is -2.16. The van der Waals surface area contributed by atoms with E-state index in [1.54, 1.807) is 23.3 Å². The molecule has 0 saturated carbocycles. The summed E-state index contributed by atoms with van der Waals surface area (Å²) in [5, 5.41) is 26.0. The van der Waals surface area contributed by atoms with Gasteiger partial charge >= 0.3 is 5.97 Å². The van der Waals surface area contributed by atoms with E-state index in [1.165, 1.54) is 0 Å². The summed E-state index contributed by atoms with van der Waals surface area (Å²) in [6.45, 7) is 1.51. The van der Waals surface area contributed by atoms with E-state index in [9.17, 15) is 9.90 Å². The number of rotatable bonds is 8. The number of hydrogen-bond donors (Lipinski definition) is 3. The maximum Gasteiger partial charge on any atom is 0.305 e. The molecule has 10 nitrogen and oxygen atoms in total. The molecule has 0 amide bonds. The molecule has 36 heavy (non-hydrogen) atoms. The van der Waals surface area contributed by atoms with Gasteiger partial charge in [-0.25, -0.2) is 4.98 Å². The van der Waals surface area contributed by atoms with E-state index in [-0.39, 0.29) is 6.42 Å². The van der Waals surface area contributed by atoms with E-state index in [0.717, 1.165) is 70.5 Å². The van der Waals surface area contributed by atoms with Crippen LogP contribution in [0, 0.1) is 0 Å². The summed E-state index contributed by atoms with van der Waals surface area (Å²) >= 11 is 0. The first-order valence-electron chi connectivity index (χ1n) is 12.0. The molecule has 0 spiro atoms. The molecular weight excluding hydrogens is 458 g/mol. The van der Waals surface area contributed by atoms with E-state index in [0.29, 0.717) is 12.3 Å². The van der Waals surface area contributed by atoms with Crippen molar-refractivity contribution in [1.82, 2.24) is 29.9 Å². The Bertz CT molecular complexity index is 1560. The first kappa shape index (κ1) is 22.0. The van der Waals surface area contributed by atoms with Gasteiger partial charge in [-0.1, -0.05) is 0 Å². The number of carboxylic acid groups (broad SMARTS) is 1. The largest absolute Gasteiger partial charge is 0.493 e. The van der Waals surface area contributed by atoms with Crippen LogP contribution in [0.3, 0.4) is 0 Å². The lowest BCUT2D eigenvalue weighted by atomic mass is 10.0. The van der Waals surface area contributed by atoms with Crippen LogP contribution >= 0.6 is 0 Å². The number of benzene rings is 1. The lowest BCUT2D eigenvalue weighted by Gasteiger charge is -2.18. The fourth-order valence-electron chi connectivity index (χ4n) is 4.71. The third kappa shape index (κ3) is 4.33. The van der Waals surface area contributed by atoms with Gasteiger partial charge in [0.1, 0.15) is 5.75 Å². The number of aromatic amines is 1. The van der Waals surface area contributed by atoms with Gasteiger partial charge in [0.05, 0.1) is 48.4 Å². The summed E-state index contributed by atoms with van der Waals surface area (Å²) in [6.07, 6.45) is 7.79. The van der Waals surface area contributed by atoms with Gasteiger partial charge in [-0.05, 0) is 54.8 Å². The summed E-state index contributed by atoms with van der Waals surface area (Å²) < 4.78 is 7.75. The van der Waals surface area contributed by atoms with Crippen LogP contribution in [0.25, 0.3) is 21.9 Å². The van der Waals surface area contributed by atoms with Crippen LogP contribution in [-0.2, 0) is 17.6 Å². The monoisotopic (exact) mass is 483 g/mol. The average molecular weight is 484 g/mol. The molecular formula is C26H25N7O3. The fraction of sp³-hybridized carbons (Fsp3) is 0.269. The molecule has 6 rings (SSSR count). The Hall–Kier alpha value is -4.47. The highest BCUT2D eigenvalue weighted by Gasteiger charge is 2.22. The zero-order valence-electron chi connectivity index (χ0n) is 19.5. The Kier molecular flexibility index (Phi) is 5.68. The number of carboxylic acids is 1. The van der Waals surface area contributed by atoms with Crippen LogP contribution in [0.15, 0.2) is 55.0 Å². The Morgan fingerprint density at radius 1 is 1.14 bits per heavy atom. The number of nitrogens with zero attached hydrogens (tertiary/aromatic N) is 5. The number of pyridine rings is 2. The van der Waals surface area contributed by atoms with Gasteiger partial charge < -0.3 is 15.2 Å². The van der Waals surface area contributed by atoms with Crippen molar-refractivity contribution in [1.29, 1.82) is 0 Å². The first-order valence-corrected chi connectivity index (χ1v) is 12.0. The molecule has 3 N–H and O–H groups in total. The Labute approximate surface area is 206 Å². The van der Waals surface area contributed by atoms with Gasteiger partial charge in [-0.15, -0.1) is 0 Å². The number of nitrogens with one attached hydrogen (secondary N) is 2. The highest BCUT2D eigenvalue weighted by molar-refractivity contribution is 5.81. The van der Waals surface area contributed by atoms with E-state index in [2.05, 4.69) is 31.7 Å². The predicted molar refractivity (Wildman–Crippen MR) is 134 cm³/mol. The van der Waals surface area contributed by atoms with Gasteiger partial charge in [0.15, 0.2) is 5.65 Å². The van der Waals surface area contributed by atoms with Gasteiger partial charge in [0.25, 0.3) is 0 Å².